The van der Waals surface area contributed by atoms with E-state index in [9.17, 15) is 71.0 Å². The Morgan fingerprint density at radius 2 is 0.787 bits per heavy atom. The summed E-state index contributed by atoms with van der Waals surface area (Å²) in [7, 11) is 11.2. The zero-order valence-electron chi connectivity index (χ0n) is 87.6. The second-order valence-corrected chi connectivity index (χ2v) is 56.6. The number of aliphatic carboxylic acids is 3. The van der Waals surface area contributed by atoms with Crippen LogP contribution in [0.2, 0.25) is 0 Å². The quantitative estimate of drug-likeness (QED) is 0.0176. The molecule has 4 heterocycles. The van der Waals surface area contributed by atoms with Gasteiger partial charge in [0, 0.05) is 60.1 Å². The fourth-order valence-corrected chi connectivity index (χ4v) is 33.0. The van der Waals surface area contributed by atoms with Gasteiger partial charge in [0.2, 0.25) is 23.6 Å². The van der Waals surface area contributed by atoms with Gasteiger partial charge in [0.1, 0.15) is 64.8 Å². The molecule has 0 spiro atoms. The third-order valence-corrected chi connectivity index (χ3v) is 37.6. The molecule has 0 aromatic heterocycles. The molecular formula is C104H178Cl4F3N7O20P2Ru+2. The predicted molar refractivity (Wildman–Crippen MR) is 558 cm³/mol. The van der Waals surface area contributed by atoms with Gasteiger partial charge < -0.3 is 70.5 Å². The van der Waals surface area contributed by atoms with E-state index in [2.05, 4.69) is 27.6 Å². The molecule has 1 aromatic rings. The summed E-state index contributed by atoms with van der Waals surface area (Å²) in [6.07, 6.45) is 50.4. The molecule has 4 aliphatic heterocycles. The number of hydrogen-bond donors (Lipinski definition) is 7. The molecule has 27 nitrogen and oxygen atoms in total. The van der Waals surface area contributed by atoms with Crippen LogP contribution in [0, 0.1) is 0 Å². The molecule has 10 aliphatic rings. The zero-order chi connectivity index (χ0) is 105. The number of carboxylic acid groups (broad SMARTS) is 3. The number of fused-ring (bicyclic) bond motifs is 2. The van der Waals surface area contributed by atoms with Crippen molar-refractivity contribution in [2.75, 3.05) is 32.6 Å². The number of esters is 4. The third kappa shape index (κ3) is 53.6. The van der Waals surface area contributed by atoms with Crippen molar-refractivity contribution in [1.82, 2.24) is 30.7 Å². The Morgan fingerprint density at radius 3 is 1.13 bits per heavy atom. The van der Waals surface area contributed by atoms with Crippen LogP contribution in [0.4, 0.5) is 18.0 Å². The first-order valence-electron chi connectivity index (χ1n) is 52.0. The fourth-order valence-electron chi connectivity index (χ4n) is 20.7. The number of rotatable bonds is 23. The van der Waals surface area contributed by atoms with E-state index in [4.69, 9.17) is 63.8 Å². The second-order valence-electron chi connectivity index (χ2n) is 44.0. The molecule has 6 saturated carbocycles. The summed E-state index contributed by atoms with van der Waals surface area (Å²) in [6, 6.07) is 5.11. The molecule has 5 amide bonds. The molecule has 4 saturated heterocycles. The number of carbonyl (C=O) groups excluding carboxylic acids is 9. The van der Waals surface area contributed by atoms with E-state index >= 15 is 0 Å². The Bertz CT molecular complexity index is 3790. The number of hydrogen-bond acceptors (Lipinski definition) is 19. The molecular weight excluding hydrogens is 2030 g/mol. The summed E-state index contributed by atoms with van der Waals surface area (Å²) < 4.78 is 60.3. The molecule has 8 N–H and O–H groups in total. The van der Waals surface area contributed by atoms with Crippen molar-refractivity contribution >= 4 is 135 Å². The molecule has 0 bridgehead atoms. The summed E-state index contributed by atoms with van der Waals surface area (Å²) in [5.41, 5.74) is 10.9. The first kappa shape index (κ1) is 130. The predicted octanol–water partition coefficient (Wildman–Crippen LogP) is 22.1. The minimum atomic E-state index is -5.08. The number of ether oxygens (including phenoxy) is 5. The maximum absolute atomic E-state index is 13.6. The average Bonchev–Trinajstić information content (AvgIpc) is 1.59. The SMILES string of the molecule is C1CCC([PH+](C2CCCCC2)C2CCCCC2)CC1.C1CCC([PH+](C2CCCCC2)C2CCCCC2)CC1.CC(C)(C)OC(=O)CC[C@H](N)C(=O)OC(C)(C)C.CC(C)(C)OC(=O)CC[C@H](NC(=O)[C@@H]1CC[C@H]2CCCCN(C(=O)OC(C)(C)C)CC(=O)N21)C(=O)OC(C)(C)C.CCl.Cl.O=C(O)C(F)(F)F.O=C(O)CC[C@H](NC(=O)[C@@H]1CC[C@H]2CCCCNCC(=O)N21)C(=O)O.[Cl][Ru]([Cl])=[CH]c1ccccc1. The molecule has 37 heteroatoms. The molecule has 11 rings (SSSR count). The Balaban J connectivity index is 0.000000444. The van der Waals surface area contributed by atoms with Crippen LogP contribution < -0.4 is 21.7 Å². The second kappa shape index (κ2) is 66.4. The van der Waals surface area contributed by atoms with Crippen LogP contribution in [0.1, 0.15) is 405 Å². The van der Waals surface area contributed by atoms with Gasteiger partial charge in [-0.05, 0) is 342 Å². The van der Waals surface area contributed by atoms with E-state index in [0.717, 1.165) is 50.6 Å². The molecule has 10 fully saturated rings. The van der Waals surface area contributed by atoms with E-state index in [1.54, 1.807) is 306 Å². The van der Waals surface area contributed by atoms with E-state index in [1.165, 1.54) is 45.2 Å². The molecule has 1 aromatic carbocycles. The van der Waals surface area contributed by atoms with Gasteiger partial charge in [0.15, 0.2) is 0 Å². The number of benzene rings is 1. The fraction of sp³-hybridized carbons (Fsp3) is 0.817. The van der Waals surface area contributed by atoms with Crippen molar-refractivity contribution in [3.63, 3.8) is 0 Å². The van der Waals surface area contributed by atoms with Gasteiger partial charge in [-0.1, -0.05) is 44.9 Å². The number of nitrogens with two attached hydrogens (primary N) is 1. The van der Waals surface area contributed by atoms with Gasteiger partial charge >= 0.3 is 127 Å². The minimum absolute atomic E-state index is 0. The van der Waals surface area contributed by atoms with Gasteiger partial charge in [0.25, 0.3) is 0 Å². The maximum atomic E-state index is 13.6. The van der Waals surface area contributed by atoms with Crippen LogP contribution in [-0.2, 0) is 89.9 Å². The summed E-state index contributed by atoms with van der Waals surface area (Å²) >= 11 is 3.02. The van der Waals surface area contributed by atoms with Gasteiger partial charge in [-0.25, -0.2) is 19.2 Å². The molecule has 0 radical (unpaired) electrons. The summed E-state index contributed by atoms with van der Waals surface area (Å²) in [5, 5.41) is 33.2. The number of nitrogens with one attached hydrogen (secondary N) is 3. The van der Waals surface area contributed by atoms with Crippen LogP contribution >= 0.6 is 59.2 Å². The van der Waals surface area contributed by atoms with E-state index in [1.807, 2.05) is 34.9 Å². The Morgan fingerprint density at radius 1 is 0.454 bits per heavy atom. The van der Waals surface area contributed by atoms with E-state index in [0.29, 0.717) is 32.2 Å². The third-order valence-electron chi connectivity index (χ3n) is 26.6. The van der Waals surface area contributed by atoms with Crippen LogP contribution in [-0.4, -0.2) is 249 Å². The van der Waals surface area contributed by atoms with Crippen LogP contribution in [0.25, 0.3) is 0 Å². The number of carboxylic acids is 3. The van der Waals surface area contributed by atoms with Crippen molar-refractivity contribution in [3.8, 4) is 0 Å². The van der Waals surface area contributed by atoms with Gasteiger partial charge in [-0.3, -0.25) is 43.3 Å². The van der Waals surface area contributed by atoms with Crippen molar-refractivity contribution < 1.29 is 123 Å². The van der Waals surface area contributed by atoms with Gasteiger partial charge in [-0.15, -0.1) is 24.0 Å². The van der Waals surface area contributed by atoms with E-state index < -0.39 is 132 Å². The Labute approximate surface area is 867 Å². The molecule has 141 heavy (non-hydrogen) atoms. The molecule has 0 unspecified atom stereocenters. The van der Waals surface area contributed by atoms with Crippen LogP contribution in [0.3, 0.4) is 0 Å². The normalized spacial score (nSPS) is 21.5. The number of halogens is 7. The molecule has 814 valence electrons. The van der Waals surface area contributed by atoms with Crippen LogP contribution in [0.15, 0.2) is 30.3 Å². The number of nitrogens with zero attached hydrogens (tertiary/aromatic N) is 3. The van der Waals surface area contributed by atoms with Crippen LogP contribution in [0.5, 0.6) is 0 Å². The number of carbonyl (C=O) groups is 12. The standard InChI is InChI=1S/C29H49N3O8.2C18H33P.C16H25N3O6.C13H25NO4.C7H6.C2HF3O2.CH3Cl.3ClH.Ru/c1-27(2,3)38-23(34)16-14-20(25(36)39-28(4,5)6)30-24(35)21-15-13-19-12-10-11-17-31(18-22(33)32(19)21)26(37)40-29(7,8)9;2*1-4-10-16(11-5-1)19(17-12-6-2-7-13-17)18-14-8-3-9-15-18;20-13-9-17-8-2-1-3-10-4-6-12(19(10)13)15(23)18-11(16(24)25)5-7-14(21)22;1-12(2,3)17-10(15)8-7-9(14)11(16)18-13(4,5)6;1-7-5-3-2-4-6-7;3-2(4,5)1(6)7;1-2;;;;/h19-21H,10-18H2,1-9H3,(H,30,35);2*16-18H,1-15H2;10-12,17H,1-9H2,(H,18,23)(H,21,22)(H,24,25);9H,7-8,14H2,1-6H3;1-6H;(H,6,7);1H3;3*1H;/q;;;;;;;;;;;+2/t19-,20+,21+;;;10-,11+,12+;9-;;;;;;;/m1..10......./s1. The molecule has 6 aliphatic carbocycles. The van der Waals surface area contributed by atoms with Crippen molar-refractivity contribution in [2.24, 2.45) is 5.73 Å². The monoisotopic (exact) mass is 2210 g/mol. The summed E-state index contributed by atoms with van der Waals surface area (Å²) in [5.74, 6) is -8.66. The van der Waals surface area contributed by atoms with Gasteiger partial charge in [0.05, 0.1) is 40.5 Å². The Hall–Kier alpha value is -5.12. The van der Waals surface area contributed by atoms with Crippen molar-refractivity contribution in [2.45, 2.75) is 510 Å². The van der Waals surface area contributed by atoms with Crippen molar-refractivity contribution in [3.05, 3.63) is 35.9 Å². The first-order chi connectivity index (χ1) is 65.7. The van der Waals surface area contributed by atoms with Gasteiger partial charge in [-0.2, -0.15) is 13.2 Å². The topological polar surface area (TPSA) is 384 Å². The van der Waals surface area contributed by atoms with Crippen molar-refractivity contribution in [1.29, 1.82) is 0 Å². The molecule has 7 atom stereocenters. The number of amides is 5. The Kier molecular flexibility index (Phi) is 61.2. The zero-order valence-corrected chi connectivity index (χ0v) is 94.4. The average molecular weight is 2210 g/mol. The number of alkyl halides is 4. The van der Waals surface area contributed by atoms with E-state index in [-0.39, 0.29) is 110 Å². The summed E-state index contributed by atoms with van der Waals surface area (Å²) in [4.78, 5) is 148. The summed E-state index contributed by atoms with van der Waals surface area (Å²) in [6.45, 7) is 27.5. The first-order valence-corrected chi connectivity index (χ1v) is 61.7.